The fourth-order valence-corrected chi connectivity index (χ4v) is 2.55. The average Bonchev–Trinajstić information content (AvgIpc) is 2.39. The summed E-state index contributed by atoms with van der Waals surface area (Å²) in [6, 6.07) is 4.13. The van der Waals surface area contributed by atoms with Gasteiger partial charge in [-0.05, 0) is 44.1 Å². The summed E-state index contributed by atoms with van der Waals surface area (Å²) in [5.74, 6) is -0.897. The number of aldehydes is 1. The first kappa shape index (κ1) is 14.2. The highest BCUT2D eigenvalue weighted by Gasteiger charge is 2.27. The summed E-state index contributed by atoms with van der Waals surface area (Å²) in [6.07, 6.45) is 2.19. The molecule has 102 valence electrons. The van der Waals surface area contributed by atoms with Crippen molar-refractivity contribution in [3.8, 4) is 0 Å². The van der Waals surface area contributed by atoms with Gasteiger partial charge in [-0.3, -0.25) is 9.69 Å². The zero-order valence-corrected chi connectivity index (χ0v) is 11.2. The molecule has 0 unspecified atom stereocenters. The maximum atomic E-state index is 13.7. The minimum absolute atomic E-state index is 0.109. The Morgan fingerprint density at radius 1 is 1.42 bits per heavy atom. The van der Waals surface area contributed by atoms with Gasteiger partial charge in [-0.1, -0.05) is 11.6 Å². The molecule has 1 aliphatic heterocycles. The summed E-state index contributed by atoms with van der Waals surface area (Å²) >= 11 is 5.67. The molecule has 0 spiro atoms. The quantitative estimate of drug-likeness (QED) is 0.630. The lowest BCUT2D eigenvalue weighted by molar-refractivity contribution is -0.109. The Kier molecular flexibility index (Phi) is 4.66. The smallest absolute Gasteiger partial charge is 0.168 e. The first-order chi connectivity index (χ1) is 9.11. The van der Waals surface area contributed by atoms with E-state index >= 15 is 0 Å². The van der Waals surface area contributed by atoms with E-state index in [9.17, 15) is 14.0 Å². The second kappa shape index (κ2) is 6.26. The van der Waals surface area contributed by atoms with Gasteiger partial charge in [0.1, 0.15) is 12.1 Å². The largest absolute Gasteiger partial charge is 0.302 e. The lowest BCUT2D eigenvalue weighted by Crippen LogP contribution is -2.37. The Bertz CT molecular complexity index is 484. The van der Waals surface area contributed by atoms with Crippen LogP contribution in [-0.2, 0) is 4.79 Å². The van der Waals surface area contributed by atoms with E-state index in [1.54, 1.807) is 0 Å². The molecule has 0 amide bonds. The molecular weight excluding hydrogens is 269 g/mol. The van der Waals surface area contributed by atoms with Crippen LogP contribution in [0.3, 0.4) is 0 Å². The summed E-state index contributed by atoms with van der Waals surface area (Å²) in [7, 11) is 0. The second-order valence-corrected chi connectivity index (χ2v) is 5.17. The van der Waals surface area contributed by atoms with Gasteiger partial charge in [0.05, 0.1) is 12.1 Å². The molecule has 5 heteroatoms. The number of likely N-dealkylation sites (tertiary alicyclic amines) is 1. The number of Topliss-reactive ketones (excluding diaryl/α,β-unsaturated/α-hetero) is 1. The Balaban J connectivity index is 2.03. The molecular formula is C14H15ClFNO2. The SMILES string of the molecule is O=CCN1CCC(C(=O)c2ccc(Cl)cc2F)CC1. The molecule has 0 atom stereocenters. The van der Waals surface area contributed by atoms with Crippen molar-refractivity contribution in [1.29, 1.82) is 0 Å². The van der Waals surface area contributed by atoms with Crippen LogP contribution < -0.4 is 0 Å². The maximum Gasteiger partial charge on any atom is 0.168 e. The van der Waals surface area contributed by atoms with E-state index in [1.165, 1.54) is 12.1 Å². The molecule has 1 heterocycles. The van der Waals surface area contributed by atoms with E-state index in [0.717, 1.165) is 12.4 Å². The Morgan fingerprint density at radius 2 is 2.11 bits per heavy atom. The second-order valence-electron chi connectivity index (χ2n) is 4.73. The van der Waals surface area contributed by atoms with Gasteiger partial charge in [0.15, 0.2) is 5.78 Å². The number of rotatable bonds is 4. The summed E-state index contributed by atoms with van der Waals surface area (Å²) < 4.78 is 13.7. The number of carbonyl (C=O) groups is 2. The molecule has 1 aromatic carbocycles. The summed E-state index contributed by atoms with van der Waals surface area (Å²) in [4.78, 5) is 24.6. The van der Waals surface area contributed by atoms with Gasteiger partial charge >= 0.3 is 0 Å². The lowest BCUT2D eigenvalue weighted by atomic mass is 9.88. The Morgan fingerprint density at radius 3 is 2.68 bits per heavy atom. The van der Waals surface area contributed by atoms with Crippen molar-refractivity contribution >= 4 is 23.7 Å². The predicted octanol–water partition coefficient (Wildman–Crippen LogP) is 2.57. The zero-order valence-electron chi connectivity index (χ0n) is 10.4. The molecule has 1 fully saturated rings. The molecule has 0 bridgehead atoms. The fourth-order valence-electron chi connectivity index (χ4n) is 2.39. The third kappa shape index (κ3) is 3.39. The highest BCUT2D eigenvalue weighted by Crippen LogP contribution is 2.24. The van der Waals surface area contributed by atoms with Gasteiger partial charge in [0.25, 0.3) is 0 Å². The van der Waals surface area contributed by atoms with Crippen LogP contribution >= 0.6 is 11.6 Å². The van der Waals surface area contributed by atoms with Gasteiger partial charge in [0.2, 0.25) is 0 Å². The topological polar surface area (TPSA) is 37.4 Å². The van der Waals surface area contributed by atoms with Gasteiger partial charge < -0.3 is 4.79 Å². The van der Waals surface area contributed by atoms with Gasteiger partial charge in [-0.2, -0.15) is 0 Å². The van der Waals surface area contributed by atoms with Gasteiger partial charge in [-0.25, -0.2) is 4.39 Å². The van der Waals surface area contributed by atoms with Gasteiger partial charge in [0, 0.05) is 10.9 Å². The molecule has 19 heavy (non-hydrogen) atoms. The summed E-state index contributed by atoms with van der Waals surface area (Å²) in [5.41, 5.74) is 0.109. The Hall–Kier alpha value is -1.26. The number of benzene rings is 1. The van der Waals surface area contributed by atoms with Crippen molar-refractivity contribution in [2.45, 2.75) is 12.8 Å². The minimum atomic E-state index is -0.562. The maximum absolute atomic E-state index is 13.7. The summed E-state index contributed by atoms with van der Waals surface area (Å²) in [5, 5.41) is 0.287. The van der Waals surface area contributed by atoms with Crippen molar-refractivity contribution in [1.82, 2.24) is 4.90 Å². The third-order valence-corrected chi connectivity index (χ3v) is 3.72. The minimum Gasteiger partial charge on any atom is -0.302 e. The Labute approximate surface area is 116 Å². The van der Waals surface area contributed by atoms with E-state index in [-0.39, 0.29) is 22.3 Å². The third-order valence-electron chi connectivity index (χ3n) is 3.49. The monoisotopic (exact) mass is 283 g/mol. The fraction of sp³-hybridized carbons (Fsp3) is 0.429. The molecule has 1 aromatic rings. The highest BCUT2D eigenvalue weighted by molar-refractivity contribution is 6.30. The number of hydrogen-bond acceptors (Lipinski definition) is 3. The molecule has 3 nitrogen and oxygen atoms in total. The average molecular weight is 284 g/mol. The normalized spacial score (nSPS) is 17.4. The molecule has 0 radical (unpaired) electrons. The van der Waals surface area contributed by atoms with Crippen LogP contribution in [-0.4, -0.2) is 36.6 Å². The number of piperidine rings is 1. The highest BCUT2D eigenvalue weighted by atomic mass is 35.5. The van der Waals surface area contributed by atoms with Crippen LogP contribution in [0.2, 0.25) is 5.02 Å². The standard InChI is InChI=1S/C14H15ClFNO2/c15-11-1-2-12(13(16)9-11)14(19)10-3-5-17(6-4-10)7-8-18/h1-2,8-10H,3-7H2. The summed E-state index contributed by atoms with van der Waals surface area (Å²) in [6.45, 7) is 1.80. The van der Waals surface area contributed by atoms with E-state index in [0.29, 0.717) is 32.5 Å². The number of ketones is 1. The molecule has 0 saturated carbocycles. The van der Waals surface area contributed by atoms with Crippen LogP contribution in [0.4, 0.5) is 4.39 Å². The van der Waals surface area contributed by atoms with Crippen molar-refractivity contribution in [2.75, 3.05) is 19.6 Å². The van der Waals surface area contributed by atoms with Crippen LogP contribution in [0.1, 0.15) is 23.2 Å². The molecule has 0 aromatic heterocycles. The van der Waals surface area contributed by atoms with Crippen LogP contribution in [0.25, 0.3) is 0 Å². The van der Waals surface area contributed by atoms with Crippen LogP contribution in [0.15, 0.2) is 18.2 Å². The number of carbonyl (C=O) groups excluding carboxylic acids is 2. The molecule has 0 N–H and O–H groups in total. The van der Waals surface area contributed by atoms with Crippen molar-refractivity contribution in [3.63, 3.8) is 0 Å². The van der Waals surface area contributed by atoms with Crippen LogP contribution in [0.5, 0.6) is 0 Å². The van der Waals surface area contributed by atoms with E-state index in [2.05, 4.69) is 0 Å². The van der Waals surface area contributed by atoms with Gasteiger partial charge in [-0.15, -0.1) is 0 Å². The molecule has 1 saturated heterocycles. The van der Waals surface area contributed by atoms with Crippen molar-refractivity contribution < 1.29 is 14.0 Å². The van der Waals surface area contributed by atoms with Crippen LogP contribution in [0, 0.1) is 11.7 Å². The predicted molar refractivity (Wildman–Crippen MR) is 71.0 cm³/mol. The number of nitrogens with zero attached hydrogens (tertiary/aromatic N) is 1. The molecule has 1 aliphatic rings. The molecule has 0 aliphatic carbocycles. The molecule has 2 rings (SSSR count). The number of hydrogen-bond donors (Lipinski definition) is 0. The first-order valence-corrected chi connectivity index (χ1v) is 6.65. The zero-order chi connectivity index (χ0) is 13.8. The lowest BCUT2D eigenvalue weighted by Gasteiger charge is -2.29. The number of halogens is 2. The van der Waals surface area contributed by atoms with Crippen molar-refractivity contribution in [3.05, 3.63) is 34.6 Å². The van der Waals surface area contributed by atoms with Crippen molar-refractivity contribution in [2.24, 2.45) is 5.92 Å². The van der Waals surface area contributed by atoms with E-state index in [4.69, 9.17) is 11.6 Å². The first-order valence-electron chi connectivity index (χ1n) is 6.27. The van der Waals surface area contributed by atoms with E-state index < -0.39 is 5.82 Å². The van der Waals surface area contributed by atoms with E-state index in [1.807, 2.05) is 4.90 Å².